The molecule has 0 amide bonds. The van der Waals surface area contributed by atoms with Gasteiger partial charge in [-0.25, -0.2) is 4.79 Å². The Balaban J connectivity index is 1.98. The molecule has 8 nitrogen and oxygen atoms in total. The molecule has 0 aliphatic rings. The van der Waals surface area contributed by atoms with E-state index >= 15 is 0 Å². The average molecular weight is 358 g/mol. The van der Waals surface area contributed by atoms with Crippen LogP contribution < -0.4 is 5.69 Å². The van der Waals surface area contributed by atoms with E-state index in [1.165, 1.54) is 17.4 Å². The van der Waals surface area contributed by atoms with Crippen LogP contribution in [0.5, 0.6) is 0 Å². The Hall–Kier alpha value is -1.47. The first-order valence-corrected chi connectivity index (χ1v) is 9.81. The fraction of sp³-hybridized carbons (Fsp3) is 0.600. The van der Waals surface area contributed by atoms with Gasteiger partial charge in [-0.1, -0.05) is 26.2 Å². The largest absolute Gasteiger partial charge is 0.443 e. The van der Waals surface area contributed by atoms with Crippen molar-refractivity contribution in [2.75, 3.05) is 13.0 Å². The van der Waals surface area contributed by atoms with Crippen LogP contribution in [-0.2, 0) is 22.3 Å². The molecule has 24 heavy (non-hydrogen) atoms. The van der Waals surface area contributed by atoms with E-state index in [1.54, 1.807) is 6.20 Å². The van der Waals surface area contributed by atoms with Gasteiger partial charge in [0.25, 0.3) is 0 Å². The zero-order chi connectivity index (χ0) is 17.6. The smallest absolute Gasteiger partial charge is 0.350 e. The lowest BCUT2D eigenvalue weighted by atomic mass is 10.1. The molecule has 0 aliphatic heterocycles. The van der Waals surface area contributed by atoms with Crippen molar-refractivity contribution in [3.63, 3.8) is 0 Å². The Kier molecular flexibility index (Phi) is 6.74. The number of aromatic nitrogens is 2. The summed E-state index contributed by atoms with van der Waals surface area (Å²) in [5.41, 5.74) is -0.160. The molecule has 0 unspecified atom stereocenters. The predicted octanol–water partition coefficient (Wildman–Crippen LogP) is 2.26. The van der Waals surface area contributed by atoms with Gasteiger partial charge >= 0.3 is 13.3 Å². The Morgan fingerprint density at radius 1 is 1.33 bits per heavy atom. The fourth-order valence-electron chi connectivity index (χ4n) is 2.36. The van der Waals surface area contributed by atoms with Gasteiger partial charge in [0, 0.05) is 12.6 Å². The molecule has 2 N–H and O–H groups in total. The van der Waals surface area contributed by atoms with Gasteiger partial charge < -0.3 is 18.9 Å². The lowest BCUT2D eigenvalue weighted by Crippen LogP contribution is -2.24. The van der Waals surface area contributed by atoms with Gasteiger partial charge in [-0.05, 0) is 12.5 Å². The molecule has 2 heterocycles. The first kappa shape index (κ1) is 18.9. The highest BCUT2D eigenvalue weighted by Gasteiger charge is 2.13. The Morgan fingerprint density at radius 2 is 2.12 bits per heavy atom. The summed E-state index contributed by atoms with van der Waals surface area (Å²) in [6.45, 7) is 2.34. The highest BCUT2D eigenvalue weighted by Crippen LogP contribution is 2.33. The molecule has 0 saturated heterocycles. The van der Waals surface area contributed by atoms with Crippen molar-refractivity contribution < 1.29 is 23.5 Å². The van der Waals surface area contributed by atoms with E-state index in [0.29, 0.717) is 5.71 Å². The van der Waals surface area contributed by atoms with Gasteiger partial charge in [-0.15, -0.1) is 0 Å². The topological polar surface area (TPSA) is 115 Å². The van der Waals surface area contributed by atoms with Crippen molar-refractivity contribution in [2.45, 2.75) is 45.6 Å². The van der Waals surface area contributed by atoms with Crippen LogP contribution in [0.1, 0.15) is 38.4 Å². The SMILES string of the molecule is CCCCCCc1cc2cn(CCOCP(=O)(O)O)c(=O)nc2o1. The molecule has 0 fully saturated rings. The average Bonchev–Trinajstić information content (AvgIpc) is 2.88. The summed E-state index contributed by atoms with van der Waals surface area (Å²) < 4.78 is 22.5. The molecule has 134 valence electrons. The number of unbranched alkanes of at least 4 members (excludes halogenated alkanes) is 3. The Labute approximate surface area is 139 Å². The van der Waals surface area contributed by atoms with Gasteiger partial charge in [0.15, 0.2) is 0 Å². The number of rotatable bonds is 10. The Bertz CT molecular complexity index is 763. The number of fused-ring (bicyclic) bond motifs is 1. The molecular formula is C15H23N2O6P. The minimum absolute atomic E-state index is 0.0138. The molecule has 0 bridgehead atoms. The minimum Gasteiger partial charge on any atom is -0.443 e. The maximum atomic E-state index is 11.9. The molecule has 0 spiro atoms. The van der Waals surface area contributed by atoms with Crippen LogP contribution in [0.2, 0.25) is 0 Å². The first-order chi connectivity index (χ1) is 11.4. The molecule has 0 radical (unpaired) electrons. The van der Waals surface area contributed by atoms with Crippen LogP contribution in [-0.4, -0.2) is 32.3 Å². The van der Waals surface area contributed by atoms with E-state index < -0.39 is 19.6 Å². The van der Waals surface area contributed by atoms with Crippen LogP contribution in [0, 0.1) is 0 Å². The summed E-state index contributed by atoms with van der Waals surface area (Å²) in [7, 11) is -4.19. The molecule has 2 aromatic heterocycles. The summed E-state index contributed by atoms with van der Waals surface area (Å²) in [5.74, 6) is 0.809. The van der Waals surface area contributed by atoms with E-state index in [0.717, 1.165) is 30.4 Å². The zero-order valence-electron chi connectivity index (χ0n) is 13.7. The summed E-state index contributed by atoms with van der Waals surface area (Å²) in [6.07, 6.45) is 6.33. The fourth-order valence-corrected chi connectivity index (χ4v) is 2.72. The van der Waals surface area contributed by atoms with Crippen LogP contribution in [0.3, 0.4) is 0 Å². The standard InChI is InChI=1S/C15H23N2O6P/c1-2-3-4-5-6-13-9-12-10-17(15(18)16-14(12)23-13)7-8-22-11-24(19,20)21/h9-10H,2-8,11H2,1H3,(H2,19,20,21). The maximum Gasteiger partial charge on any atom is 0.350 e. The van der Waals surface area contributed by atoms with E-state index in [9.17, 15) is 9.36 Å². The van der Waals surface area contributed by atoms with Gasteiger partial charge in [0.2, 0.25) is 5.71 Å². The van der Waals surface area contributed by atoms with Crippen molar-refractivity contribution in [3.05, 3.63) is 28.5 Å². The number of furan rings is 1. The van der Waals surface area contributed by atoms with E-state index in [-0.39, 0.29) is 13.2 Å². The monoisotopic (exact) mass is 358 g/mol. The second-order valence-corrected chi connectivity index (χ2v) is 7.29. The third-order valence-electron chi connectivity index (χ3n) is 3.54. The van der Waals surface area contributed by atoms with E-state index in [2.05, 4.69) is 11.9 Å². The number of nitrogens with zero attached hydrogens (tertiary/aromatic N) is 2. The molecule has 2 aromatic rings. The zero-order valence-corrected chi connectivity index (χ0v) is 14.6. The summed E-state index contributed by atoms with van der Waals surface area (Å²) >= 11 is 0. The molecule has 0 aliphatic carbocycles. The van der Waals surface area contributed by atoms with Crippen LogP contribution in [0.15, 0.2) is 21.5 Å². The molecule has 0 saturated carbocycles. The number of hydrogen-bond acceptors (Lipinski definition) is 5. The first-order valence-electron chi connectivity index (χ1n) is 8.01. The van der Waals surface area contributed by atoms with Crippen molar-refractivity contribution in [2.24, 2.45) is 0 Å². The minimum atomic E-state index is -4.19. The highest BCUT2D eigenvalue weighted by atomic mass is 31.2. The second-order valence-electron chi connectivity index (χ2n) is 5.70. The normalized spacial score (nSPS) is 12.1. The van der Waals surface area contributed by atoms with Crippen LogP contribution in [0.4, 0.5) is 0 Å². The van der Waals surface area contributed by atoms with Gasteiger partial charge in [-0.2, -0.15) is 4.98 Å². The highest BCUT2D eigenvalue weighted by molar-refractivity contribution is 7.51. The molecule has 0 aromatic carbocycles. The van der Waals surface area contributed by atoms with Crippen molar-refractivity contribution in [1.82, 2.24) is 9.55 Å². The lowest BCUT2D eigenvalue weighted by Gasteiger charge is -2.07. The van der Waals surface area contributed by atoms with E-state index in [4.69, 9.17) is 18.9 Å². The predicted molar refractivity (Wildman–Crippen MR) is 89.0 cm³/mol. The summed E-state index contributed by atoms with van der Waals surface area (Å²) in [4.78, 5) is 33.2. The number of aryl methyl sites for hydroxylation is 1. The number of ether oxygens (including phenoxy) is 1. The van der Waals surface area contributed by atoms with E-state index in [1.807, 2.05) is 6.07 Å². The Morgan fingerprint density at radius 3 is 2.83 bits per heavy atom. The maximum absolute atomic E-state index is 11.9. The molecule has 9 heteroatoms. The van der Waals surface area contributed by atoms with Crippen LogP contribution >= 0.6 is 7.60 Å². The molecule has 0 atom stereocenters. The van der Waals surface area contributed by atoms with Gasteiger partial charge in [-0.3, -0.25) is 9.13 Å². The van der Waals surface area contributed by atoms with Crippen molar-refractivity contribution >= 4 is 18.7 Å². The third-order valence-corrected chi connectivity index (χ3v) is 4.06. The van der Waals surface area contributed by atoms with Crippen LogP contribution in [0.25, 0.3) is 11.1 Å². The summed E-state index contributed by atoms with van der Waals surface area (Å²) in [6, 6.07) is 1.88. The quantitative estimate of drug-likeness (QED) is 0.494. The van der Waals surface area contributed by atoms with Gasteiger partial charge in [0.1, 0.15) is 12.1 Å². The summed E-state index contributed by atoms with van der Waals surface area (Å²) in [5, 5.41) is 0.732. The molecule has 2 rings (SSSR count). The third kappa shape index (κ3) is 5.87. The van der Waals surface area contributed by atoms with Crippen molar-refractivity contribution in [3.8, 4) is 0 Å². The molecular weight excluding hydrogens is 335 g/mol. The second kappa shape index (κ2) is 8.58. The van der Waals surface area contributed by atoms with Gasteiger partial charge in [0.05, 0.1) is 18.5 Å². The van der Waals surface area contributed by atoms with Crippen molar-refractivity contribution in [1.29, 1.82) is 0 Å². The number of hydrogen-bond donors (Lipinski definition) is 2. The lowest BCUT2D eigenvalue weighted by molar-refractivity contribution is 0.148.